The number of hydrogen-bond donors (Lipinski definition) is 1. The summed E-state index contributed by atoms with van der Waals surface area (Å²) in [6, 6.07) is 6.91. The largest absolute Gasteiger partial charge is 0.452 e. The van der Waals surface area contributed by atoms with Crippen LogP contribution < -0.4 is 5.32 Å². The lowest BCUT2D eigenvalue weighted by molar-refractivity contribution is -0.144. The molecule has 2 rings (SSSR count). The maximum Gasteiger partial charge on any atom is 0.331 e. The fourth-order valence-corrected chi connectivity index (χ4v) is 4.73. The molecule has 1 amide bonds. The fraction of sp³-hybridized carbons (Fsp3) is 0.375. The quantitative estimate of drug-likeness (QED) is 0.627. The van der Waals surface area contributed by atoms with Crippen LogP contribution in [0.5, 0.6) is 0 Å². The van der Waals surface area contributed by atoms with Crippen molar-refractivity contribution < 1.29 is 22.7 Å². The van der Waals surface area contributed by atoms with Crippen molar-refractivity contribution in [2.75, 3.05) is 18.1 Å². The van der Waals surface area contributed by atoms with E-state index in [1.807, 2.05) is 0 Å². The zero-order valence-corrected chi connectivity index (χ0v) is 14.7. The van der Waals surface area contributed by atoms with Crippen molar-refractivity contribution in [3.05, 3.63) is 40.9 Å². The van der Waals surface area contributed by atoms with Crippen molar-refractivity contribution in [2.24, 2.45) is 0 Å². The van der Waals surface area contributed by atoms with Crippen molar-refractivity contribution in [2.45, 2.75) is 18.9 Å². The van der Waals surface area contributed by atoms with Crippen molar-refractivity contribution in [3.8, 4) is 0 Å². The molecule has 1 aliphatic heterocycles. The van der Waals surface area contributed by atoms with Gasteiger partial charge in [0.15, 0.2) is 16.4 Å². The maximum atomic E-state index is 11.8. The smallest absolute Gasteiger partial charge is 0.331 e. The Morgan fingerprint density at radius 1 is 1.42 bits per heavy atom. The molecule has 1 saturated heterocycles. The Kier molecular flexibility index (Phi) is 5.66. The third kappa shape index (κ3) is 5.65. The molecule has 0 aliphatic carbocycles. The molecule has 1 aliphatic rings. The first kappa shape index (κ1) is 18.5. The minimum atomic E-state index is -3.12. The van der Waals surface area contributed by atoms with Crippen LogP contribution in [0.2, 0.25) is 5.02 Å². The van der Waals surface area contributed by atoms with Crippen molar-refractivity contribution in [3.63, 3.8) is 0 Å². The Morgan fingerprint density at radius 2 is 2.17 bits per heavy atom. The Labute approximate surface area is 145 Å². The second-order valence-electron chi connectivity index (χ2n) is 5.95. The van der Waals surface area contributed by atoms with Gasteiger partial charge in [0.2, 0.25) is 0 Å². The molecule has 0 bridgehead atoms. The summed E-state index contributed by atoms with van der Waals surface area (Å²) in [4.78, 5) is 23.4. The van der Waals surface area contributed by atoms with E-state index in [2.05, 4.69) is 5.32 Å². The lowest BCUT2D eigenvalue weighted by Crippen LogP contribution is -2.48. The summed E-state index contributed by atoms with van der Waals surface area (Å²) >= 11 is 5.83. The van der Waals surface area contributed by atoms with Crippen LogP contribution in [0, 0.1) is 0 Å². The van der Waals surface area contributed by atoms with Crippen LogP contribution in [0.3, 0.4) is 0 Å². The highest BCUT2D eigenvalue weighted by atomic mass is 35.5. The third-order valence-electron chi connectivity index (χ3n) is 3.55. The number of benzene rings is 1. The summed E-state index contributed by atoms with van der Waals surface area (Å²) in [5.74, 6) is -1.26. The molecular weight excluding hydrogens is 354 g/mol. The van der Waals surface area contributed by atoms with E-state index in [0.717, 1.165) is 5.56 Å². The summed E-state index contributed by atoms with van der Waals surface area (Å²) < 4.78 is 27.8. The zero-order chi connectivity index (χ0) is 17.8. The first-order valence-electron chi connectivity index (χ1n) is 7.29. The van der Waals surface area contributed by atoms with Gasteiger partial charge in [-0.1, -0.05) is 23.7 Å². The molecule has 6 nitrogen and oxygen atoms in total. The summed E-state index contributed by atoms with van der Waals surface area (Å²) in [6.07, 6.45) is 3.07. The number of amides is 1. The Bertz CT molecular complexity index is 774. The highest BCUT2D eigenvalue weighted by molar-refractivity contribution is 7.91. The predicted octanol–water partition coefficient (Wildman–Crippen LogP) is 1.59. The number of sulfone groups is 1. The highest BCUT2D eigenvalue weighted by Crippen LogP contribution is 2.22. The molecule has 24 heavy (non-hydrogen) atoms. The van der Waals surface area contributed by atoms with Crippen LogP contribution in [-0.4, -0.2) is 43.9 Å². The summed E-state index contributed by atoms with van der Waals surface area (Å²) in [5, 5.41) is 3.16. The molecule has 130 valence electrons. The summed E-state index contributed by atoms with van der Waals surface area (Å²) in [7, 11) is -3.12. The standard InChI is InChI=1S/C16H18ClNO5S/c1-16(7-8-24(21,22)11-16)18-14(19)10-23-15(20)6-5-12-3-2-4-13(17)9-12/h2-6,9H,7-8,10-11H2,1H3,(H,18,19)/b6-5+/t16-/m0/s1. The Balaban J connectivity index is 1.80. The SMILES string of the molecule is C[C@]1(NC(=O)COC(=O)/C=C/c2cccc(Cl)c2)CCS(=O)(=O)C1. The minimum Gasteiger partial charge on any atom is -0.452 e. The minimum absolute atomic E-state index is 0.0476. The molecule has 0 aromatic heterocycles. The average molecular weight is 372 g/mol. The predicted molar refractivity (Wildman–Crippen MR) is 91.3 cm³/mol. The molecule has 0 spiro atoms. The molecule has 8 heteroatoms. The normalized spacial score (nSPS) is 22.4. The molecule has 1 fully saturated rings. The first-order valence-corrected chi connectivity index (χ1v) is 9.49. The van der Waals surface area contributed by atoms with Gasteiger partial charge in [-0.05, 0) is 37.1 Å². The number of rotatable bonds is 5. The molecule has 1 N–H and O–H groups in total. The number of hydrogen-bond acceptors (Lipinski definition) is 5. The summed E-state index contributed by atoms with van der Waals surface area (Å²) in [5.41, 5.74) is -0.0774. The van der Waals surface area contributed by atoms with Crippen LogP contribution >= 0.6 is 11.6 Å². The third-order valence-corrected chi connectivity index (χ3v) is 5.69. The first-order chi connectivity index (χ1) is 11.2. The molecule has 1 atom stereocenters. The molecule has 1 aromatic rings. The van der Waals surface area contributed by atoms with Crippen LogP contribution in [0.1, 0.15) is 18.9 Å². The van der Waals surface area contributed by atoms with Gasteiger partial charge in [0.1, 0.15) is 0 Å². The van der Waals surface area contributed by atoms with Crippen LogP contribution in [-0.2, 0) is 24.2 Å². The lowest BCUT2D eigenvalue weighted by Gasteiger charge is -2.23. The van der Waals surface area contributed by atoms with E-state index < -0.39 is 33.9 Å². The van der Waals surface area contributed by atoms with Gasteiger partial charge in [0, 0.05) is 11.1 Å². The molecule has 0 saturated carbocycles. The second kappa shape index (κ2) is 7.36. The second-order valence-corrected chi connectivity index (χ2v) is 8.57. The number of ether oxygens (including phenoxy) is 1. The van der Waals surface area contributed by atoms with Crippen molar-refractivity contribution in [1.82, 2.24) is 5.32 Å². The molecule has 0 radical (unpaired) electrons. The van der Waals surface area contributed by atoms with Crippen molar-refractivity contribution in [1.29, 1.82) is 0 Å². The van der Waals surface area contributed by atoms with E-state index in [9.17, 15) is 18.0 Å². The highest BCUT2D eigenvalue weighted by Gasteiger charge is 2.39. The number of nitrogens with one attached hydrogen (secondary N) is 1. The van der Waals surface area contributed by atoms with Gasteiger partial charge in [-0.15, -0.1) is 0 Å². The number of carbonyl (C=O) groups excluding carboxylic acids is 2. The zero-order valence-electron chi connectivity index (χ0n) is 13.1. The Morgan fingerprint density at radius 3 is 2.79 bits per heavy atom. The van der Waals surface area contributed by atoms with Gasteiger partial charge in [-0.25, -0.2) is 13.2 Å². The number of esters is 1. The van der Waals surface area contributed by atoms with Crippen LogP contribution in [0.4, 0.5) is 0 Å². The maximum absolute atomic E-state index is 11.8. The fourth-order valence-electron chi connectivity index (χ4n) is 2.44. The van der Waals surface area contributed by atoms with Gasteiger partial charge in [0.25, 0.3) is 5.91 Å². The Hall–Kier alpha value is -1.86. The van der Waals surface area contributed by atoms with Crippen LogP contribution in [0.25, 0.3) is 6.08 Å². The monoisotopic (exact) mass is 371 g/mol. The van der Waals surface area contributed by atoms with E-state index in [4.69, 9.17) is 16.3 Å². The van der Waals surface area contributed by atoms with E-state index in [-0.39, 0.29) is 11.5 Å². The summed E-state index contributed by atoms with van der Waals surface area (Å²) in [6.45, 7) is 1.20. The van der Waals surface area contributed by atoms with Crippen molar-refractivity contribution >= 4 is 39.4 Å². The van der Waals surface area contributed by atoms with Gasteiger partial charge in [0.05, 0.1) is 17.0 Å². The topological polar surface area (TPSA) is 89.5 Å². The average Bonchev–Trinajstić information content (AvgIpc) is 2.76. The number of halogens is 1. The molecule has 1 heterocycles. The number of carbonyl (C=O) groups is 2. The van der Waals surface area contributed by atoms with E-state index in [0.29, 0.717) is 11.4 Å². The van der Waals surface area contributed by atoms with Gasteiger partial charge in [-0.3, -0.25) is 4.79 Å². The van der Waals surface area contributed by atoms with E-state index in [1.54, 1.807) is 31.2 Å². The molecule has 0 unspecified atom stereocenters. The molecule has 1 aromatic carbocycles. The molecular formula is C16H18ClNO5S. The van der Waals surface area contributed by atoms with E-state index in [1.165, 1.54) is 12.2 Å². The van der Waals surface area contributed by atoms with Gasteiger partial charge in [-0.2, -0.15) is 0 Å². The van der Waals surface area contributed by atoms with E-state index >= 15 is 0 Å². The van der Waals surface area contributed by atoms with Gasteiger partial charge < -0.3 is 10.1 Å². The lowest BCUT2D eigenvalue weighted by atomic mass is 10.0. The van der Waals surface area contributed by atoms with Gasteiger partial charge >= 0.3 is 5.97 Å². The van der Waals surface area contributed by atoms with Crippen LogP contribution in [0.15, 0.2) is 30.3 Å².